The molecule has 0 bridgehead atoms. The number of hydrogen-bond donors (Lipinski definition) is 2. The Labute approximate surface area is 123 Å². The van der Waals surface area contributed by atoms with Gasteiger partial charge in [-0.15, -0.1) is 16.4 Å². The van der Waals surface area contributed by atoms with Gasteiger partial charge in [0.05, 0.1) is 12.2 Å². The number of aromatic carboxylic acids is 1. The third-order valence-electron chi connectivity index (χ3n) is 3.09. The van der Waals surface area contributed by atoms with E-state index in [1.165, 1.54) is 22.2 Å². The van der Waals surface area contributed by atoms with Gasteiger partial charge in [0.1, 0.15) is 0 Å². The molecule has 21 heavy (non-hydrogen) atoms. The predicted octanol–water partition coefficient (Wildman–Crippen LogP) is 0.830. The minimum atomic E-state index is -1.12. The van der Waals surface area contributed by atoms with Gasteiger partial charge in [0.15, 0.2) is 10.8 Å². The number of amides is 2. The van der Waals surface area contributed by atoms with Gasteiger partial charge >= 0.3 is 12.0 Å². The number of carbonyl (C=O) groups excluding carboxylic acids is 1. The standard InChI is InChI=1S/C11H12N6O3S/c1-6-2-12-10(21-6)13-11(20)16-3-7(4-16)17-5-8(9(18)19)14-15-17/h2,5,7H,3-4H2,1H3,(H,18,19)(H,12,13,20). The van der Waals surface area contributed by atoms with Crippen molar-refractivity contribution in [3.8, 4) is 0 Å². The van der Waals surface area contributed by atoms with Crippen molar-refractivity contribution >= 4 is 28.5 Å². The quantitative estimate of drug-likeness (QED) is 0.868. The van der Waals surface area contributed by atoms with Crippen molar-refractivity contribution in [1.82, 2.24) is 24.9 Å². The van der Waals surface area contributed by atoms with E-state index in [4.69, 9.17) is 5.11 Å². The van der Waals surface area contributed by atoms with Gasteiger partial charge in [-0.05, 0) is 6.92 Å². The van der Waals surface area contributed by atoms with Crippen LogP contribution in [-0.4, -0.2) is 55.1 Å². The van der Waals surface area contributed by atoms with Crippen LogP contribution in [0.15, 0.2) is 12.4 Å². The molecule has 1 fully saturated rings. The van der Waals surface area contributed by atoms with Crippen molar-refractivity contribution in [2.45, 2.75) is 13.0 Å². The van der Waals surface area contributed by atoms with Gasteiger partial charge in [-0.25, -0.2) is 19.3 Å². The van der Waals surface area contributed by atoms with Gasteiger partial charge in [0, 0.05) is 24.2 Å². The fourth-order valence-electron chi connectivity index (χ4n) is 1.92. The molecule has 2 aromatic heterocycles. The summed E-state index contributed by atoms with van der Waals surface area (Å²) in [5.41, 5.74) is -0.101. The van der Waals surface area contributed by atoms with Crippen LogP contribution in [0.5, 0.6) is 0 Å². The van der Waals surface area contributed by atoms with E-state index in [2.05, 4.69) is 20.6 Å². The zero-order valence-electron chi connectivity index (χ0n) is 11.1. The molecular formula is C11H12N6O3S. The zero-order valence-corrected chi connectivity index (χ0v) is 11.9. The number of carboxylic acids is 1. The highest BCUT2D eigenvalue weighted by Gasteiger charge is 2.33. The third kappa shape index (κ3) is 2.70. The van der Waals surface area contributed by atoms with Crippen LogP contribution < -0.4 is 5.32 Å². The molecule has 1 aliphatic rings. The average Bonchev–Trinajstić information content (AvgIpc) is 2.97. The molecule has 9 nitrogen and oxygen atoms in total. The molecule has 110 valence electrons. The Morgan fingerprint density at radius 3 is 2.81 bits per heavy atom. The largest absolute Gasteiger partial charge is 0.476 e. The Hall–Kier alpha value is -2.49. The maximum atomic E-state index is 11.9. The number of hydrogen-bond acceptors (Lipinski definition) is 6. The molecule has 2 amide bonds. The lowest BCUT2D eigenvalue weighted by atomic mass is 10.1. The van der Waals surface area contributed by atoms with Crippen LogP contribution in [0.4, 0.5) is 9.93 Å². The van der Waals surface area contributed by atoms with E-state index in [0.717, 1.165) is 4.88 Å². The maximum Gasteiger partial charge on any atom is 0.358 e. The molecule has 10 heteroatoms. The summed E-state index contributed by atoms with van der Waals surface area (Å²) < 4.78 is 1.47. The molecule has 3 rings (SSSR count). The Balaban J connectivity index is 1.55. The molecule has 0 radical (unpaired) electrons. The van der Waals surface area contributed by atoms with Gasteiger partial charge in [0.25, 0.3) is 0 Å². The number of rotatable bonds is 3. The number of nitrogens with zero attached hydrogens (tertiary/aromatic N) is 5. The van der Waals surface area contributed by atoms with E-state index in [9.17, 15) is 9.59 Å². The minimum absolute atomic E-state index is 0.0469. The molecule has 0 spiro atoms. The zero-order chi connectivity index (χ0) is 15.0. The van der Waals surface area contributed by atoms with E-state index in [0.29, 0.717) is 18.2 Å². The van der Waals surface area contributed by atoms with Gasteiger partial charge in [-0.2, -0.15) is 0 Å². The number of aryl methyl sites for hydroxylation is 1. The Kier molecular flexibility index (Phi) is 3.29. The fraction of sp³-hybridized carbons (Fsp3) is 0.364. The molecule has 2 N–H and O–H groups in total. The van der Waals surface area contributed by atoms with Crippen LogP contribution in [0.25, 0.3) is 0 Å². The summed E-state index contributed by atoms with van der Waals surface area (Å²) in [6, 6.07) is -0.270. The number of nitrogens with one attached hydrogen (secondary N) is 1. The number of likely N-dealkylation sites (tertiary alicyclic amines) is 1. The first-order valence-electron chi connectivity index (χ1n) is 6.16. The highest BCUT2D eigenvalue weighted by atomic mass is 32.1. The smallest absolute Gasteiger partial charge is 0.358 e. The number of thiazole rings is 1. The van der Waals surface area contributed by atoms with Crippen molar-refractivity contribution < 1.29 is 14.7 Å². The first-order valence-corrected chi connectivity index (χ1v) is 6.98. The number of carboxylic acid groups (broad SMARTS) is 1. The molecule has 1 saturated heterocycles. The molecule has 3 heterocycles. The van der Waals surface area contributed by atoms with E-state index >= 15 is 0 Å². The molecule has 1 aliphatic heterocycles. The van der Waals surface area contributed by atoms with Gasteiger partial charge < -0.3 is 10.0 Å². The van der Waals surface area contributed by atoms with Crippen molar-refractivity contribution in [2.24, 2.45) is 0 Å². The normalized spacial score (nSPS) is 14.8. The summed E-state index contributed by atoms with van der Waals surface area (Å²) in [4.78, 5) is 29.3. The highest BCUT2D eigenvalue weighted by Crippen LogP contribution is 2.23. The van der Waals surface area contributed by atoms with Gasteiger partial charge in [-0.3, -0.25) is 5.32 Å². The first-order chi connectivity index (χ1) is 10.0. The summed E-state index contributed by atoms with van der Waals surface area (Å²) in [7, 11) is 0. The van der Waals surface area contributed by atoms with Crippen molar-refractivity contribution in [2.75, 3.05) is 18.4 Å². The number of urea groups is 1. The van der Waals surface area contributed by atoms with E-state index in [1.54, 1.807) is 11.1 Å². The highest BCUT2D eigenvalue weighted by molar-refractivity contribution is 7.15. The fourth-order valence-corrected chi connectivity index (χ4v) is 2.58. The Morgan fingerprint density at radius 1 is 1.48 bits per heavy atom. The predicted molar refractivity (Wildman–Crippen MR) is 73.5 cm³/mol. The number of carbonyl (C=O) groups is 2. The first kappa shape index (κ1) is 13.5. The third-order valence-corrected chi connectivity index (χ3v) is 3.92. The molecule has 0 atom stereocenters. The molecule has 0 saturated carbocycles. The summed E-state index contributed by atoms with van der Waals surface area (Å²) in [5, 5.41) is 19.4. The van der Waals surface area contributed by atoms with Crippen LogP contribution in [0, 0.1) is 6.92 Å². The van der Waals surface area contributed by atoms with Gasteiger partial charge in [0.2, 0.25) is 0 Å². The summed E-state index contributed by atoms with van der Waals surface area (Å²) in [5.74, 6) is -1.12. The summed E-state index contributed by atoms with van der Waals surface area (Å²) >= 11 is 1.41. The minimum Gasteiger partial charge on any atom is -0.476 e. The summed E-state index contributed by atoms with van der Waals surface area (Å²) in [6.45, 7) is 2.83. The van der Waals surface area contributed by atoms with Crippen LogP contribution in [0.1, 0.15) is 21.4 Å². The topological polar surface area (TPSA) is 113 Å². The van der Waals surface area contributed by atoms with Crippen LogP contribution in [0.2, 0.25) is 0 Å². The second-order valence-electron chi connectivity index (χ2n) is 4.65. The number of aromatic nitrogens is 4. The maximum absolute atomic E-state index is 11.9. The van der Waals surface area contributed by atoms with Crippen molar-refractivity contribution in [3.63, 3.8) is 0 Å². The molecule has 0 aromatic carbocycles. The van der Waals surface area contributed by atoms with Crippen molar-refractivity contribution in [3.05, 3.63) is 23.0 Å². The number of anilines is 1. The van der Waals surface area contributed by atoms with E-state index in [-0.39, 0.29) is 17.8 Å². The average molecular weight is 308 g/mol. The lowest BCUT2D eigenvalue weighted by Gasteiger charge is -2.38. The second kappa shape index (κ2) is 5.13. The van der Waals surface area contributed by atoms with Crippen LogP contribution in [0.3, 0.4) is 0 Å². The van der Waals surface area contributed by atoms with E-state index < -0.39 is 5.97 Å². The van der Waals surface area contributed by atoms with Crippen molar-refractivity contribution in [1.29, 1.82) is 0 Å². The lowest BCUT2D eigenvalue weighted by Crippen LogP contribution is -2.52. The summed E-state index contributed by atoms with van der Waals surface area (Å²) in [6.07, 6.45) is 3.06. The molecule has 0 aliphatic carbocycles. The molecular weight excluding hydrogens is 296 g/mol. The monoisotopic (exact) mass is 308 g/mol. The van der Waals surface area contributed by atoms with Gasteiger partial charge in [-0.1, -0.05) is 5.21 Å². The molecule has 0 unspecified atom stereocenters. The van der Waals surface area contributed by atoms with E-state index in [1.807, 2.05) is 6.92 Å². The lowest BCUT2D eigenvalue weighted by molar-refractivity contribution is 0.0690. The van der Waals surface area contributed by atoms with Crippen LogP contribution >= 0.6 is 11.3 Å². The van der Waals surface area contributed by atoms with Crippen LogP contribution in [-0.2, 0) is 0 Å². The molecule has 2 aromatic rings. The Bertz CT molecular complexity index is 690. The second-order valence-corrected chi connectivity index (χ2v) is 5.89. The SMILES string of the molecule is Cc1cnc(NC(=O)N2CC(n3cc(C(=O)O)nn3)C2)s1. The Morgan fingerprint density at radius 2 is 2.24 bits per heavy atom.